The van der Waals surface area contributed by atoms with Gasteiger partial charge in [-0.3, -0.25) is 14.2 Å². The van der Waals surface area contributed by atoms with Gasteiger partial charge in [-0.25, -0.2) is 0 Å². The summed E-state index contributed by atoms with van der Waals surface area (Å²) < 4.78 is 7.38. The Bertz CT molecular complexity index is 1230. The van der Waals surface area contributed by atoms with Crippen LogP contribution in [-0.4, -0.2) is 32.2 Å². The molecule has 8 heteroatoms. The Morgan fingerprint density at radius 1 is 1.03 bits per heavy atom. The second-order valence-corrected chi connectivity index (χ2v) is 8.00. The van der Waals surface area contributed by atoms with Crippen LogP contribution in [0.2, 0.25) is 0 Å². The Balaban J connectivity index is 1.55. The maximum Gasteiger partial charge on any atom is 0.224 e. The lowest BCUT2D eigenvalue weighted by Crippen LogP contribution is -2.10. The largest absolute Gasteiger partial charge is 0.469 e. The van der Waals surface area contributed by atoms with E-state index in [1.165, 1.54) is 11.8 Å². The summed E-state index contributed by atoms with van der Waals surface area (Å²) in [5.41, 5.74) is 3.00. The van der Waals surface area contributed by atoms with E-state index in [9.17, 15) is 9.59 Å². The van der Waals surface area contributed by atoms with Gasteiger partial charge < -0.3 is 9.73 Å². The molecule has 0 unspecified atom stereocenters. The molecular formula is C24H22N4O3S. The molecule has 0 saturated heterocycles. The van der Waals surface area contributed by atoms with Crippen LogP contribution in [0, 0.1) is 6.92 Å². The SMILES string of the molecule is CCC(=O)Nc1ccc(C(=O)CSc2nnc(-c3ccoc3C)n2-c2ccccc2)cc1. The van der Waals surface area contributed by atoms with Gasteiger partial charge in [-0.2, -0.15) is 0 Å². The van der Waals surface area contributed by atoms with Gasteiger partial charge in [0.1, 0.15) is 5.76 Å². The number of benzene rings is 2. The summed E-state index contributed by atoms with van der Waals surface area (Å²) in [5, 5.41) is 12.1. The van der Waals surface area contributed by atoms with Crippen LogP contribution < -0.4 is 5.32 Å². The van der Waals surface area contributed by atoms with E-state index in [1.807, 2.05) is 47.9 Å². The molecule has 32 heavy (non-hydrogen) atoms. The van der Waals surface area contributed by atoms with Gasteiger partial charge >= 0.3 is 0 Å². The molecule has 0 aliphatic carbocycles. The molecule has 2 aromatic heterocycles. The summed E-state index contributed by atoms with van der Waals surface area (Å²) in [6, 6.07) is 18.5. The van der Waals surface area contributed by atoms with E-state index in [4.69, 9.17) is 4.42 Å². The smallest absolute Gasteiger partial charge is 0.224 e. The number of rotatable bonds is 8. The number of para-hydroxylation sites is 1. The van der Waals surface area contributed by atoms with E-state index in [0.29, 0.717) is 28.7 Å². The molecule has 1 N–H and O–H groups in total. The van der Waals surface area contributed by atoms with Crippen LogP contribution in [0.5, 0.6) is 0 Å². The number of carbonyl (C=O) groups excluding carboxylic acids is 2. The fourth-order valence-corrected chi connectivity index (χ4v) is 4.01. The van der Waals surface area contributed by atoms with Crippen molar-refractivity contribution in [3.8, 4) is 17.1 Å². The zero-order valence-corrected chi connectivity index (χ0v) is 18.6. The number of amides is 1. The molecule has 4 rings (SSSR count). The topological polar surface area (TPSA) is 90.0 Å². The lowest BCUT2D eigenvalue weighted by molar-refractivity contribution is -0.115. The molecule has 0 bridgehead atoms. The van der Waals surface area contributed by atoms with Crippen molar-refractivity contribution in [3.05, 3.63) is 78.3 Å². The number of aryl methyl sites for hydroxylation is 1. The molecule has 162 valence electrons. The van der Waals surface area contributed by atoms with Gasteiger partial charge in [-0.15, -0.1) is 10.2 Å². The highest BCUT2D eigenvalue weighted by atomic mass is 32.2. The van der Waals surface area contributed by atoms with Gasteiger partial charge in [0.25, 0.3) is 0 Å². The Kier molecular flexibility index (Phi) is 6.51. The molecule has 0 aliphatic rings. The van der Waals surface area contributed by atoms with Gasteiger partial charge in [-0.1, -0.05) is 36.9 Å². The van der Waals surface area contributed by atoms with Gasteiger partial charge in [0, 0.05) is 23.4 Å². The molecule has 0 aliphatic heterocycles. The molecule has 2 heterocycles. The lowest BCUT2D eigenvalue weighted by atomic mass is 10.1. The van der Waals surface area contributed by atoms with E-state index in [-0.39, 0.29) is 17.4 Å². The van der Waals surface area contributed by atoms with Gasteiger partial charge in [0.15, 0.2) is 16.8 Å². The number of Topliss-reactive ketones (excluding diaryl/α,β-unsaturated/α-hetero) is 1. The molecule has 0 spiro atoms. The van der Waals surface area contributed by atoms with Gasteiger partial charge in [0.2, 0.25) is 5.91 Å². The molecule has 0 radical (unpaired) electrons. The zero-order chi connectivity index (χ0) is 22.5. The van der Waals surface area contributed by atoms with E-state index >= 15 is 0 Å². The van der Waals surface area contributed by atoms with Crippen molar-refractivity contribution >= 4 is 29.1 Å². The van der Waals surface area contributed by atoms with E-state index in [2.05, 4.69) is 15.5 Å². The fraction of sp³-hybridized carbons (Fsp3) is 0.167. The highest BCUT2D eigenvalue weighted by Gasteiger charge is 2.20. The van der Waals surface area contributed by atoms with Crippen LogP contribution in [0.15, 0.2) is 76.5 Å². The first-order chi connectivity index (χ1) is 15.6. The predicted molar refractivity (Wildman–Crippen MR) is 124 cm³/mol. The summed E-state index contributed by atoms with van der Waals surface area (Å²) in [6.45, 7) is 3.67. The highest BCUT2D eigenvalue weighted by molar-refractivity contribution is 7.99. The second-order valence-electron chi connectivity index (χ2n) is 7.06. The van der Waals surface area contributed by atoms with Crippen LogP contribution in [0.1, 0.15) is 29.5 Å². The maximum absolute atomic E-state index is 12.8. The Morgan fingerprint density at radius 3 is 2.44 bits per heavy atom. The van der Waals surface area contributed by atoms with Gasteiger partial charge in [-0.05, 0) is 49.4 Å². The number of nitrogens with zero attached hydrogens (tertiary/aromatic N) is 3. The quantitative estimate of drug-likeness (QED) is 0.297. The van der Waals surface area contributed by atoms with Crippen LogP contribution in [0.4, 0.5) is 5.69 Å². The Hall–Kier alpha value is -3.65. The van der Waals surface area contributed by atoms with Crippen molar-refractivity contribution < 1.29 is 14.0 Å². The third kappa shape index (κ3) is 4.65. The van der Waals surface area contributed by atoms with Gasteiger partial charge in [0.05, 0.1) is 17.6 Å². The second kappa shape index (κ2) is 9.65. The molecule has 0 fully saturated rings. The third-order valence-electron chi connectivity index (χ3n) is 4.89. The fourth-order valence-electron chi connectivity index (χ4n) is 3.17. The number of aromatic nitrogens is 3. The molecule has 0 atom stereocenters. The van der Waals surface area contributed by atoms with Crippen LogP contribution in [-0.2, 0) is 4.79 Å². The van der Waals surface area contributed by atoms with Crippen molar-refractivity contribution in [2.24, 2.45) is 0 Å². The average molecular weight is 447 g/mol. The molecule has 7 nitrogen and oxygen atoms in total. The summed E-state index contributed by atoms with van der Waals surface area (Å²) in [6.07, 6.45) is 2.03. The standard InChI is InChI=1S/C24H22N4O3S/c1-3-22(30)25-18-11-9-17(10-12-18)21(29)15-32-24-27-26-23(20-13-14-31-16(20)2)28(24)19-7-5-4-6-8-19/h4-14H,3,15H2,1-2H3,(H,25,30). The summed E-state index contributed by atoms with van der Waals surface area (Å²) >= 11 is 1.33. The number of furan rings is 1. The number of hydrogen-bond acceptors (Lipinski definition) is 6. The Labute approximate surface area is 189 Å². The summed E-state index contributed by atoms with van der Waals surface area (Å²) in [5.74, 6) is 1.51. The minimum atomic E-state index is -0.0662. The lowest BCUT2D eigenvalue weighted by Gasteiger charge is -2.10. The van der Waals surface area contributed by atoms with Crippen molar-refractivity contribution in [3.63, 3.8) is 0 Å². The van der Waals surface area contributed by atoms with Crippen LogP contribution in [0.25, 0.3) is 17.1 Å². The molecular weight excluding hydrogens is 424 g/mol. The first-order valence-corrected chi connectivity index (χ1v) is 11.2. The number of ketones is 1. The van der Waals surface area contributed by atoms with Crippen molar-refractivity contribution in [1.82, 2.24) is 14.8 Å². The number of anilines is 1. The van der Waals surface area contributed by atoms with Crippen molar-refractivity contribution in [2.75, 3.05) is 11.1 Å². The van der Waals surface area contributed by atoms with E-state index < -0.39 is 0 Å². The zero-order valence-electron chi connectivity index (χ0n) is 17.7. The third-order valence-corrected chi connectivity index (χ3v) is 5.82. The molecule has 2 aromatic carbocycles. The number of thioether (sulfide) groups is 1. The van der Waals surface area contributed by atoms with Crippen molar-refractivity contribution in [2.45, 2.75) is 25.4 Å². The molecule has 4 aromatic rings. The number of nitrogens with one attached hydrogen (secondary N) is 1. The van der Waals surface area contributed by atoms with Crippen molar-refractivity contribution in [1.29, 1.82) is 0 Å². The summed E-state index contributed by atoms with van der Waals surface area (Å²) in [7, 11) is 0. The highest BCUT2D eigenvalue weighted by Crippen LogP contribution is 2.30. The number of carbonyl (C=O) groups is 2. The monoisotopic (exact) mass is 446 g/mol. The average Bonchev–Trinajstić information content (AvgIpc) is 3.44. The first kappa shape index (κ1) is 21.6. The normalized spacial score (nSPS) is 10.8. The maximum atomic E-state index is 12.8. The number of hydrogen-bond donors (Lipinski definition) is 1. The predicted octanol–water partition coefficient (Wildman–Crippen LogP) is 5.16. The minimum absolute atomic E-state index is 0.0352. The molecule has 1 amide bonds. The van der Waals surface area contributed by atoms with Crippen LogP contribution in [0.3, 0.4) is 0 Å². The summed E-state index contributed by atoms with van der Waals surface area (Å²) in [4.78, 5) is 24.3. The van der Waals surface area contributed by atoms with E-state index in [0.717, 1.165) is 17.0 Å². The Morgan fingerprint density at radius 2 is 1.78 bits per heavy atom. The minimum Gasteiger partial charge on any atom is -0.469 e. The first-order valence-electron chi connectivity index (χ1n) is 10.2. The van der Waals surface area contributed by atoms with Crippen LogP contribution >= 0.6 is 11.8 Å². The van der Waals surface area contributed by atoms with E-state index in [1.54, 1.807) is 37.5 Å². The molecule has 0 saturated carbocycles.